The largest absolute Gasteiger partial charge is 0.480 e. The number of fused-ring (bicyclic) bond motifs is 1. The van der Waals surface area contributed by atoms with Crippen molar-refractivity contribution in [3.05, 3.63) is 24.0 Å². The SMILES string of the molecule is Cc1cc(SC(C(=O)O)C(C)C)n2ncnc2c1. The Hall–Kier alpha value is -1.56. The molecule has 0 saturated heterocycles. The van der Waals surface area contributed by atoms with Crippen molar-refractivity contribution in [1.82, 2.24) is 14.6 Å². The molecule has 0 amide bonds. The topological polar surface area (TPSA) is 67.5 Å². The van der Waals surface area contributed by atoms with E-state index in [9.17, 15) is 9.90 Å². The predicted octanol–water partition coefficient (Wildman–Crippen LogP) is 2.24. The van der Waals surface area contributed by atoms with E-state index >= 15 is 0 Å². The Morgan fingerprint density at radius 3 is 2.78 bits per heavy atom. The summed E-state index contributed by atoms with van der Waals surface area (Å²) in [5.74, 6) is -0.753. The fourth-order valence-electron chi connectivity index (χ4n) is 1.71. The molecule has 2 heterocycles. The second-order valence-corrected chi connectivity index (χ2v) is 5.68. The van der Waals surface area contributed by atoms with Crippen LogP contribution in [-0.4, -0.2) is 30.9 Å². The average Bonchev–Trinajstić information content (AvgIpc) is 2.72. The first-order valence-electron chi connectivity index (χ1n) is 5.69. The highest BCUT2D eigenvalue weighted by atomic mass is 32.2. The van der Waals surface area contributed by atoms with Gasteiger partial charge in [-0.1, -0.05) is 25.6 Å². The quantitative estimate of drug-likeness (QED) is 0.859. The number of carbonyl (C=O) groups is 1. The summed E-state index contributed by atoms with van der Waals surface area (Å²) in [6.07, 6.45) is 1.48. The Bertz CT molecular complexity index is 580. The number of aryl methyl sites for hydroxylation is 1. The molecule has 0 fully saturated rings. The molecule has 6 heteroatoms. The number of nitrogens with zero attached hydrogens (tertiary/aromatic N) is 3. The first-order chi connectivity index (χ1) is 8.49. The third-order valence-corrected chi connectivity index (χ3v) is 4.12. The number of carboxylic acids is 1. The molecule has 1 N–H and O–H groups in total. The van der Waals surface area contributed by atoms with Crippen LogP contribution in [-0.2, 0) is 4.79 Å². The van der Waals surface area contributed by atoms with Crippen molar-refractivity contribution in [3.8, 4) is 0 Å². The van der Waals surface area contributed by atoms with E-state index in [2.05, 4.69) is 10.1 Å². The van der Waals surface area contributed by atoms with Crippen LogP contribution >= 0.6 is 11.8 Å². The highest BCUT2D eigenvalue weighted by Crippen LogP contribution is 2.29. The zero-order valence-corrected chi connectivity index (χ0v) is 11.3. The Labute approximate surface area is 109 Å². The molecule has 0 aliphatic rings. The van der Waals surface area contributed by atoms with Crippen molar-refractivity contribution < 1.29 is 9.90 Å². The van der Waals surface area contributed by atoms with Crippen LogP contribution in [0.5, 0.6) is 0 Å². The lowest BCUT2D eigenvalue weighted by Gasteiger charge is -2.16. The van der Waals surface area contributed by atoms with Crippen molar-refractivity contribution in [2.45, 2.75) is 31.0 Å². The normalized spacial score (nSPS) is 13.1. The molecule has 0 bridgehead atoms. The molecule has 5 nitrogen and oxygen atoms in total. The van der Waals surface area contributed by atoms with E-state index in [-0.39, 0.29) is 5.92 Å². The number of thioether (sulfide) groups is 1. The molecule has 96 valence electrons. The van der Waals surface area contributed by atoms with Gasteiger partial charge in [-0.3, -0.25) is 4.79 Å². The van der Waals surface area contributed by atoms with E-state index in [0.717, 1.165) is 16.2 Å². The third-order valence-electron chi connectivity index (χ3n) is 2.59. The lowest BCUT2D eigenvalue weighted by molar-refractivity contribution is -0.137. The minimum atomic E-state index is -0.801. The summed E-state index contributed by atoms with van der Waals surface area (Å²) < 4.78 is 1.68. The zero-order chi connectivity index (χ0) is 13.3. The maximum Gasteiger partial charge on any atom is 0.317 e. The summed E-state index contributed by atoms with van der Waals surface area (Å²) in [6.45, 7) is 5.77. The minimum absolute atomic E-state index is 0.0478. The van der Waals surface area contributed by atoms with Gasteiger partial charge in [0.05, 0.1) is 0 Å². The van der Waals surface area contributed by atoms with Crippen molar-refractivity contribution >= 4 is 23.4 Å². The van der Waals surface area contributed by atoms with E-state index in [1.807, 2.05) is 32.9 Å². The van der Waals surface area contributed by atoms with Gasteiger partial charge in [0.2, 0.25) is 0 Å². The summed E-state index contributed by atoms with van der Waals surface area (Å²) in [7, 11) is 0. The molecule has 0 aliphatic heterocycles. The molecule has 1 unspecified atom stereocenters. The summed E-state index contributed by atoms with van der Waals surface area (Å²) in [6, 6.07) is 3.85. The monoisotopic (exact) mass is 265 g/mol. The molecular formula is C12H15N3O2S. The molecule has 2 rings (SSSR count). The van der Waals surface area contributed by atoms with Crippen LogP contribution < -0.4 is 0 Å². The smallest absolute Gasteiger partial charge is 0.317 e. The number of aliphatic carboxylic acids is 1. The molecule has 0 aromatic carbocycles. The maximum absolute atomic E-state index is 11.2. The minimum Gasteiger partial charge on any atom is -0.480 e. The van der Waals surface area contributed by atoms with E-state index < -0.39 is 11.2 Å². The molecule has 18 heavy (non-hydrogen) atoms. The number of hydrogen-bond acceptors (Lipinski definition) is 4. The molecule has 0 radical (unpaired) electrons. The second-order valence-electron chi connectivity index (χ2n) is 4.52. The van der Waals surface area contributed by atoms with Gasteiger partial charge in [0.1, 0.15) is 16.6 Å². The maximum atomic E-state index is 11.2. The van der Waals surface area contributed by atoms with Crippen LogP contribution in [0.4, 0.5) is 0 Å². The van der Waals surface area contributed by atoms with Gasteiger partial charge in [-0.05, 0) is 30.5 Å². The molecule has 2 aromatic rings. The second kappa shape index (κ2) is 4.97. The zero-order valence-electron chi connectivity index (χ0n) is 10.5. The lowest BCUT2D eigenvalue weighted by Crippen LogP contribution is -2.22. The molecule has 1 atom stereocenters. The highest BCUT2D eigenvalue weighted by molar-refractivity contribution is 8.00. The summed E-state index contributed by atoms with van der Waals surface area (Å²) >= 11 is 1.31. The van der Waals surface area contributed by atoms with Gasteiger partial charge < -0.3 is 5.11 Å². The van der Waals surface area contributed by atoms with Crippen molar-refractivity contribution in [3.63, 3.8) is 0 Å². The first kappa shape index (κ1) is 12.9. The predicted molar refractivity (Wildman–Crippen MR) is 69.8 cm³/mol. The van der Waals surface area contributed by atoms with E-state index in [4.69, 9.17) is 0 Å². The van der Waals surface area contributed by atoms with Crippen LogP contribution in [0.15, 0.2) is 23.5 Å². The van der Waals surface area contributed by atoms with Gasteiger partial charge in [0.15, 0.2) is 5.65 Å². The standard InChI is InChI=1S/C12H15N3O2S/c1-7(2)11(12(16)17)18-10-5-8(3)4-9-13-6-14-15(9)10/h4-7,11H,1-3H3,(H,16,17). The summed E-state index contributed by atoms with van der Waals surface area (Å²) in [4.78, 5) is 15.4. The van der Waals surface area contributed by atoms with E-state index in [1.165, 1.54) is 18.1 Å². The number of carboxylic acid groups (broad SMARTS) is 1. The summed E-state index contributed by atoms with van der Waals surface area (Å²) in [5, 5.41) is 13.7. The Morgan fingerprint density at radius 2 is 2.17 bits per heavy atom. The van der Waals surface area contributed by atoms with Crippen molar-refractivity contribution in [2.24, 2.45) is 5.92 Å². The van der Waals surface area contributed by atoms with Gasteiger partial charge in [0, 0.05) is 0 Å². The Balaban J connectivity index is 2.41. The van der Waals surface area contributed by atoms with Crippen molar-refractivity contribution in [1.29, 1.82) is 0 Å². The number of rotatable bonds is 4. The first-order valence-corrected chi connectivity index (χ1v) is 6.57. The lowest BCUT2D eigenvalue weighted by atomic mass is 10.1. The molecular weight excluding hydrogens is 250 g/mol. The number of pyridine rings is 1. The number of aromatic nitrogens is 3. The van der Waals surface area contributed by atoms with Crippen LogP contribution in [0, 0.1) is 12.8 Å². The van der Waals surface area contributed by atoms with Crippen LogP contribution in [0.1, 0.15) is 19.4 Å². The molecule has 0 saturated carbocycles. The van der Waals surface area contributed by atoms with Gasteiger partial charge in [-0.15, -0.1) is 0 Å². The van der Waals surface area contributed by atoms with Gasteiger partial charge >= 0.3 is 5.97 Å². The van der Waals surface area contributed by atoms with Gasteiger partial charge in [0.25, 0.3) is 0 Å². The Morgan fingerprint density at radius 1 is 1.44 bits per heavy atom. The van der Waals surface area contributed by atoms with Crippen LogP contribution in [0.3, 0.4) is 0 Å². The van der Waals surface area contributed by atoms with E-state index in [1.54, 1.807) is 4.52 Å². The van der Waals surface area contributed by atoms with Crippen molar-refractivity contribution in [2.75, 3.05) is 0 Å². The fourth-order valence-corrected chi connectivity index (χ4v) is 2.83. The number of hydrogen-bond donors (Lipinski definition) is 1. The fraction of sp³-hybridized carbons (Fsp3) is 0.417. The van der Waals surface area contributed by atoms with Crippen LogP contribution in [0.25, 0.3) is 5.65 Å². The molecule has 2 aromatic heterocycles. The van der Waals surface area contributed by atoms with E-state index in [0.29, 0.717) is 0 Å². The average molecular weight is 265 g/mol. The molecule has 0 spiro atoms. The molecule has 0 aliphatic carbocycles. The highest BCUT2D eigenvalue weighted by Gasteiger charge is 2.24. The third kappa shape index (κ3) is 2.48. The Kier molecular flexibility index (Phi) is 3.56. The van der Waals surface area contributed by atoms with Crippen LogP contribution in [0.2, 0.25) is 0 Å². The summed E-state index contributed by atoms with van der Waals surface area (Å²) in [5.41, 5.74) is 1.79. The van der Waals surface area contributed by atoms with Gasteiger partial charge in [-0.2, -0.15) is 5.10 Å². The van der Waals surface area contributed by atoms with Gasteiger partial charge in [-0.25, -0.2) is 9.50 Å².